The van der Waals surface area contributed by atoms with Gasteiger partial charge in [0.05, 0.1) is 0 Å². The summed E-state index contributed by atoms with van der Waals surface area (Å²) < 4.78 is 5.37. The molecule has 2 aliphatic rings. The van der Waals surface area contributed by atoms with Crippen LogP contribution in [0.3, 0.4) is 0 Å². The van der Waals surface area contributed by atoms with Gasteiger partial charge in [-0.05, 0) is 39.2 Å². The second-order valence-electron chi connectivity index (χ2n) is 4.79. The highest BCUT2D eigenvalue weighted by molar-refractivity contribution is 5.78. The van der Waals surface area contributed by atoms with E-state index < -0.39 is 0 Å². The lowest BCUT2D eigenvalue weighted by atomic mass is 9.92. The van der Waals surface area contributed by atoms with Crippen molar-refractivity contribution in [2.45, 2.75) is 38.6 Å². The van der Waals surface area contributed by atoms with E-state index in [4.69, 9.17) is 4.74 Å². The van der Waals surface area contributed by atoms with Crippen LogP contribution in [0.4, 0.5) is 0 Å². The van der Waals surface area contributed by atoms with E-state index in [1.54, 1.807) is 6.92 Å². The van der Waals surface area contributed by atoms with E-state index in [0.717, 1.165) is 39.0 Å². The van der Waals surface area contributed by atoms with Crippen LogP contribution < -0.4 is 0 Å². The van der Waals surface area contributed by atoms with Crippen molar-refractivity contribution >= 4 is 5.78 Å². The van der Waals surface area contributed by atoms with Crippen molar-refractivity contribution in [2.75, 3.05) is 26.3 Å². The Morgan fingerprint density at radius 1 is 1.27 bits per heavy atom. The fourth-order valence-corrected chi connectivity index (χ4v) is 2.72. The van der Waals surface area contributed by atoms with Gasteiger partial charge in [-0.25, -0.2) is 0 Å². The third-order valence-electron chi connectivity index (χ3n) is 3.73. The molecular weight excluding hydrogens is 190 g/mol. The molecule has 1 atom stereocenters. The molecule has 2 fully saturated rings. The Hall–Kier alpha value is -0.410. The van der Waals surface area contributed by atoms with Crippen LogP contribution >= 0.6 is 0 Å². The van der Waals surface area contributed by atoms with Crippen molar-refractivity contribution in [3.63, 3.8) is 0 Å². The molecule has 86 valence electrons. The van der Waals surface area contributed by atoms with Crippen LogP contribution in [0, 0.1) is 5.92 Å². The van der Waals surface area contributed by atoms with Crippen molar-refractivity contribution in [1.82, 2.24) is 4.90 Å². The molecule has 0 radical (unpaired) electrons. The molecule has 2 saturated heterocycles. The van der Waals surface area contributed by atoms with Gasteiger partial charge in [-0.2, -0.15) is 0 Å². The topological polar surface area (TPSA) is 29.5 Å². The predicted molar refractivity (Wildman–Crippen MR) is 58.8 cm³/mol. The smallest absolute Gasteiger partial charge is 0.134 e. The van der Waals surface area contributed by atoms with Gasteiger partial charge in [0, 0.05) is 31.7 Å². The Bertz CT molecular complexity index is 224. The van der Waals surface area contributed by atoms with Gasteiger partial charge in [0.2, 0.25) is 0 Å². The van der Waals surface area contributed by atoms with E-state index >= 15 is 0 Å². The summed E-state index contributed by atoms with van der Waals surface area (Å²) in [6.45, 7) is 5.68. The maximum atomic E-state index is 11.4. The lowest BCUT2D eigenvalue weighted by molar-refractivity contribution is -0.123. The molecule has 2 rings (SSSR count). The second kappa shape index (κ2) is 5.08. The number of carbonyl (C=O) groups excluding carboxylic acids is 1. The lowest BCUT2D eigenvalue weighted by Crippen LogP contribution is -2.46. The highest BCUT2D eigenvalue weighted by Gasteiger charge is 2.28. The van der Waals surface area contributed by atoms with Crippen LogP contribution in [0.25, 0.3) is 0 Å². The van der Waals surface area contributed by atoms with Crippen molar-refractivity contribution in [3.8, 4) is 0 Å². The van der Waals surface area contributed by atoms with E-state index in [1.165, 1.54) is 13.0 Å². The first-order valence-electron chi connectivity index (χ1n) is 6.09. The van der Waals surface area contributed by atoms with Gasteiger partial charge in [0.25, 0.3) is 0 Å². The minimum Gasteiger partial charge on any atom is -0.381 e. The Kier molecular flexibility index (Phi) is 3.76. The van der Waals surface area contributed by atoms with Gasteiger partial charge in [-0.15, -0.1) is 0 Å². The zero-order valence-corrected chi connectivity index (χ0v) is 9.58. The van der Waals surface area contributed by atoms with Crippen molar-refractivity contribution in [3.05, 3.63) is 0 Å². The number of hydrogen-bond donors (Lipinski definition) is 0. The minimum absolute atomic E-state index is 0.293. The monoisotopic (exact) mass is 211 g/mol. The number of Topliss-reactive ketones (excluding diaryl/α,β-unsaturated/α-hetero) is 1. The Morgan fingerprint density at radius 3 is 2.67 bits per heavy atom. The summed E-state index contributed by atoms with van der Waals surface area (Å²) in [4.78, 5) is 13.9. The quantitative estimate of drug-likeness (QED) is 0.692. The Labute approximate surface area is 91.8 Å². The van der Waals surface area contributed by atoms with Crippen LogP contribution in [0.2, 0.25) is 0 Å². The molecule has 0 N–H and O–H groups in total. The van der Waals surface area contributed by atoms with Crippen molar-refractivity contribution in [1.29, 1.82) is 0 Å². The van der Waals surface area contributed by atoms with Crippen molar-refractivity contribution in [2.24, 2.45) is 5.92 Å². The first kappa shape index (κ1) is 11.1. The van der Waals surface area contributed by atoms with Crippen LogP contribution in [0.5, 0.6) is 0 Å². The van der Waals surface area contributed by atoms with E-state index in [2.05, 4.69) is 4.90 Å². The van der Waals surface area contributed by atoms with Gasteiger partial charge >= 0.3 is 0 Å². The Morgan fingerprint density at radius 2 is 2.00 bits per heavy atom. The molecule has 0 bridgehead atoms. The number of carbonyl (C=O) groups is 1. The number of nitrogens with zero attached hydrogens (tertiary/aromatic N) is 1. The van der Waals surface area contributed by atoms with Gasteiger partial charge < -0.3 is 4.74 Å². The van der Waals surface area contributed by atoms with Gasteiger partial charge in [0.1, 0.15) is 5.78 Å². The summed E-state index contributed by atoms with van der Waals surface area (Å²) in [5, 5.41) is 0. The van der Waals surface area contributed by atoms with Gasteiger partial charge in [0.15, 0.2) is 0 Å². The summed E-state index contributed by atoms with van der Waals surface area (Å²) in [6.07, 6.45) is 4.56. The average Bonchev–Trinajstić information content (AvgIpc) is 2.30. The summed E-state index contributed by atoms with van der Waals surface area (Å²) >= 11 is 0. The zero-order valence-electron chi connectivity index (χ0n) is 9.58. The molecule has 3 nitrogen and oxygen atoms in total. The highest BCUT2D eigenvalue weighted by Crippen LogP contribution is 2.23. The number of rotatable bonds is 2. The number of likely N-dealkylation sites (tertiary alicyclic amines) is 1. The van der Waals surface area contributed by atoms with Crippen molar-refractivity contribution < 1.29 is 9.53 Å². The second-order valence-corrected chi connectivity index (χ2v) is 4.79. The standard InChI is InChI=1S/C12H21NO2/c1-10(14)11-3-2-6-13(9-11)12-4-7-15-8-5-12/h11-12H,2-9H2,1H3. The molecule has 0 saturated carbocycles. The molecule has 3 heteroatoms. The van der Waals surface area contributed by atoms with Gasteiger partial charge in [-0.1, -0.05) is 0 Å². The molecular formula is C12H21NO2. The molecule has 0 aromatic rings. The van der Waals surface area contributed by atoms with Crippen LogP contribution in [-0.4, -0.2) is 43.0 Å². The summed E-state index contributed by atoms with van der Waals surface area (Å²) in [5.41, 5.74) is 0. The molecule has 1 unspecified atom stereocenters. The largest absolute Gasteiger partial charge is 0.381 e. The molecule has 15 heavy (non-hydrogen) atoms. The van der Waals surface area contributed by atoms with Crippen LogP contribution in [0.15, 0.2) is 0 Å². The minimum atomic E-state index is 0.293. The summed E-state index contributed by atoms with van der Waals surface area (Å²) in [5.74, 6) is 0.661. The normalized spacial score (nSPS) is 30.3. The molecule has 0 amide bonds. The third-order valence-corrected chi connectivity index (χ3v) is 3.73. The molecule has 0 aromatic heterocycles. The maximum Gasteiger partial charge on any atom is 0.134 e. The van der Waals surface area contributed by atoms with E-state index in [-0.39, 0.29) is 0 Å². The lowest BCUT2D eigenvalue weighted by Gasteiger charge is -2.39. The van der Waals surface area contributed by atoms with E-state index in [1.807, 2.05) is 0 Å². The first-order valence-corrected chi connectivity index (χ1v) is 6.09. The fourth-order valence-electron chi connectivity index (χ4n) is 2.72. The number of piperidine rings is 1. The molecule has 0 aliphatic carbocycles. The maximum absolute atomic E-state index is 11.4. The average molecular weight is 211 g/mol. The van der Waals surface area contributed by atoms with Gasteiger partial charge in [-0.3, -0.25) is 9.69 Å². The zero-order chi connectivity index (χ0) is 10.7. The Balaban J connectivity index is 1.88. The molecule has 2 aliphatic heterocycles. The van der Waals surface area contributed by atoms with Crippen LogP contribution in [-0.2, 0) is 9.53 Å². The SMILES string of the molecule is CC(=O)C1CCCN(C2CCOCC2)C1. The van der Waals surface area contributed by atoms with E-state index in [9.17, 15) is 4.79 Å². The number of ketones is 1. The molecule has 0 aromatic carbocycles. The summed E-state index contributed by atoms with van der Waals surface area (Å²) in [7, 11) is 0. The third kappa shape index (κ3) is 2.79. The highest BCUT2D eigenvalue weighted by atomic mass is 16.5. The fraction of sp³-hybridized carbons (Fsp3) is 0.917. The van der Waals surface area contributed by atoms with Crippen LogP contribution in [0.1, 0.15) is 32.6 Å². The predicted octanol–water partition coefficient (Wildman–Crippen LogP) is 1.47. The number of ether oxygens (including phenoxy) is 1. The molecule has 2 heterocycles. The molecule has 0 spiro atoms. The number of hydrogen-bond acceptors (Lipinski definition) is 3. The first-order chi connectivity index (χ1) is 7.27. The van der Waals surface area contributed by atoms with E-state index in [0.29, 0.717) is 17.7 Å². The summed E-state index contributed by atoms with van der Waals surface area (Å²) in [6, 6.07) is 0.667.